The summed E-state index contributed by atoms with van der Waals surface area (Å²) in [5, 5.41) is 4.39. The number of methoxy groups -OCH3 is 1. The minimum Gasteiger partial charge on any atom is -0.493 e. The number of furan rings is 1. The lowest BCUT2D eigenvalue weighted by atomic mass is 10.2. The van der Waals surface area contributed by atoms with Crippen molar-refractivity contribution in [3.63, 3.8) is 0 Å². The molecule has 0 saturated carbocycles. The van der Waals surface area contributed by atoms with Crippen LogP contribution in [0.15, 0.2) is 88.2 Å². The van der Waals surface area contributed by atoms with Crippen LogP contribution in [0, 0.1) is 0 Å². The van der Waals surface area contributed by atoms with Crippen LogP contribution in [0.1, 0.15) is 21.6 Å². The number of aromatic nitrogens is 3. The quantitative estimate of drug-likeness (QED) is 0.259. The van der Waals surface area contributed by atoms with Crippen molar-refractivity contribution in [2.45, 2.75) is 13.2 Å². The van der Waals surface area contributed by atoms with Crippen LogP contribution >= 0.6 is 0 Å². The third-order valence-electron chi connectivity index (χ3n) is 5.12. The highest BCUT2D eigenvalue weighted by Crippen LogP contribution is 2.30. The molecule has 3 heterocycles. The summed E-state index contributed by atoms with van der Waals surface area (Å²) in [6.45, 7) is 0.384. The number of carbonyl (C=O) groups is 1. The Hall–Kier alpha value is -4.79. The van der Waals surface area contributed by atoms with Crippen LogP contribution < -0.4 is 14.2 Å². The van der Waals surface area contributed by atoms with E-state index in [2.05, 4.69) is 10.1 Å². The van der Waals surface area contributed by atoms with Gasteiger partial charge in [0.25, 0.3) is 5.89 Å². The molecule has 0 spiro atoms. The van der Waals surface area contributed by atoms with Gasteiger partial charge in [-0.05, 0) is 42.0 Å². The second kappa shape index (κ2) is 10.0. The van der Waals surface area contributed by atoms with E-state index >= 15 is 0 Å². The fraction of sp³-hybridized carbons (Fsp3) is 0.115. The topological polar surface area (TPSA) is 102 Å². The Morgan fingerprint density at radius 1 is 0.971 bits per heavy atom. The summed E-state index contributed by atoms with van der Waals surface area (Å²) in [6, 6.07) is 18.5. The Morgan fingerprint density at radius 3 is 2.63 bits per heavy atom. The Labute approximate surface area is 200 Å². The SMILES string of the molecule is COc1cc(COc2nn(-c3ccccc3)cc2C=O)ccc1OCc1coc(-c2ccco2)n1. The summed E-state index contributed by atoms with van der Waals surface area (Å²) in [4.78, 5) is 15.9. The minimum atomic E-state index is 0.191. The van der Waals surface area contributed by atoms with Crippen molar-refractivity contribution in [3.8, 4) is 34.7 Å². The van der Waals surface area contributed by atoms with Gasteiger partial charge in [-0.1, -0.05) is 24.3 Å². The van der Waals surface area contributed by atoms with Crippen molar-refractivity contribution < 1.29 is 27.8 Å². The Balaban J connectivity index is 1.24. The lowest BCUT2D eigenvalue weighted by molar-refractivity contribution is 0.111. The van der Waals surface area contributed by atoms with E-state index in [0.717, 1.165) is 17.5 Å². The van der Waals surface area contributed by atoms with Crippen molar-refractivity contribution in [1.29, 1.82) is 0 Å². The van der Waals surface area contributed by atoms with E-state index in [0.29, 0.717) is 34.4 Å². The first kappa shape index (κ1) is 22.0. The average Bonchev–Trinajstić information content (AvgIpc) is 3.67. The van der Waals surface area contributed by atoms with Crippen LogP contribution in [-0.2, 0) is 13.2 Å². The number of para-hydroxylation sites is 1. The molecule has 5 aromatic rings. The highest BCUT2D eigenvalue weighted by atomic mass is 16.5. The normalized spacial score (nSPS) is 10.8. The largest absolute Gasteiger partial charge is 0.493 e. The zero-order valence-corrected chi connectivity index (χ0v) is 18.8. The molecule has 0 atom stereocenters. The molecule has 9 heteroatoms. The van der Waals surface area contributed by atoms with Gasteiger partial charge in [0.15, 0.2) is 23.5 Å². The van der Waals surface area contributed by atoms with E-state index in [1.54, 1.807) is 48.5 Å². The van der Waals surface area contributed by atoms with Crippen LogP contribution in [0.4, 0.5) is 0 Å². The molecule has 2 aromatic carbocycles. The number of carbonyl (C=O) groups excluding carboxylic acids is 1. The summed E-state index contributed by atoms with van der Waals surface area (Å²) in [7, 11) is 1.56. The molecule has 0 aliphatic heterocycles. The standard InChI is InChI=1S/C26H21N3O6/c1-31-24-12-18(15-34-25-19(14-30)13-29(28-25)21-6-3-2-4-7-21)9-10-22(24)33-16-20-17-35-26(27-20)23-8-5-11-32-23/h2-14,17H,15-16H2,1H3. The van der Waals surface area contributed by atoms with E-state index in [1.807, 2.05) is 36.4 Å². The van der Waals surface area contributed by atoms with Gasteiger partial charge in [0.1, 0.15) is 25.2 Å². The first-order valence-corrected chi connectivity index (χ1v) is 10.7. The molecule has 0 amide bonds. The molecule has 0 aliphatic rings. The Bertz CT molecular complexity index is 1410. The van der Waals surface area contributed by atoms with E-state index in [4.69, 9.17) is 23.0 Å². The van der Waals surface area contributed by atoms with Gasteiger partial charge < -0.3 is 23.0 Å². The van der Waals surface area contributed by atoms with E-state index in [-0.39, 0.29) is 19.1 Å². The molecule has 3 aromatic heterocycles. The van der Waals surface area contributed by atoms with Gasteiger partial charge in [0.2, 0.25) is 5.88 Å². The second-order valence-electron chi connectivity index (χ2n) is 7.47. The summed E-state index contributed by atoms with van der Waals surface area (Å²) in [5.74, 6) is 2.26. The number of aldehydes is 1. The van der Waals surface area contributed by atoms with E-state index in [9.17, 15) is 4.79 Å². The Kier molecular flexibility index (Phi) is 6.29. The molecular formula is C26H21N3O6. The van der Waals surface area contributed by atoms with Crippen LogP contribution in [0.3, 0.4) is 0 Å². The van der Waals surface area contributed by atoms with Gasteiger partial charge in [-0.15, -0.1) is 5.10 Å². The highest BCUT2D eigenvalue weighted by molar-refractivity contribution is 5.78. The number of nitrogens with zero attached hydrogens (tertiary/aromatic N) is 3. The van der Waals surface area contributed by atoms with Crippen LogP contribution in [-0.4, -0.2) is 28.2 Å². The molecule has 35 heavy (non-hydrogen) atoms. The summed E-state index contributed by atoms with van der Waals surface area (Å²) in [5.41, 5.74) is 2.63. The highest BCUT2D eigenvalue weighted by Gasteiger charge is 2.14. The van der Waals surface area contributed by atoms with E-state index < -0.39 is 0 Å². The summed E-state index contributed by atoms with van der Waals surface area (Å²) < 4.78 is 29.5. The fourth-order valence-electron chi connectivity index (χ4n) is 3.39. The van der Waals surface area contributed by atoms with Crippen molar-refractivity contribution in [2.75, 3.05) is 7.11 Å². The molecule has 176 valence electrons. The predicted octanol–water partition coefficient (Wildman–Crippen LogP) is 5.10. The molecule has 5 rings (SSSR count). The van der Waals surface area contributed by atoms with Gasteiger partial charge in [0, 0.05) is 6.20 Å². The molecule has 0 saturated heterocycles. The van der Waals surface area contributed by atoms with Gasteiger partial charge in [-0.3, -0.25) is 4.79 Å². The molecule has 0 fully saturated rings. The number of oxazole rings is 1. The summed E-state index contributed by atoms with van der Waals surface area (Å²) >= 11 is 0. The molecule has 0 N–H and O–H groups in total. The van der Waals surface area contributed by atoms with Gasteiger partial charge in [0.05, 0.1) is 24.6 Å². The average molecular weight is 471 g/mol. The monoisotopic (exact) mass is 471 g/mol. The number of benzene rings is 2. The first-order valence-electron chi connectivity index (χ1n) is 10.7. The van der Waals surface area contributed by atoms with Crippen molar-refractivity contribution >= 4 is 6.29 Å². The molecular weight excluding hydrogens is 450 g/mol. The van der Waals surface area contributed by atoms with Crippen molar-refractivity contribution in [1.82, 2.24) is 14.8 Å². The molecule has 0 radical (unpaired) electrons. The van der Waals surface area contributed by atoms with Crippen molar-refractivity contribution in [2.24, 2.45) is 0 Å². The third-order valence-corrected chi connectivity index (χ3v) is 5.12. The minimum absolute atomic E-state index is 0.191. The lowest BCUT2D eigenvalue weighted by Gasteiger charge is -2.11. The predicted molar refractivity (Wildman–Crippen MR) is 125 cm³/mol. The second-order valence-corrected chi connectivity index (χ2v) is 7.47. The van der Waals surface area contributed by atoms with Crippen molar-refractivity contribution in [3.05, 3.63) is 96.2 Å². The number of hydrogen-bond acceptors (Lipinski definition) is 8. The number of rotatable bonds is 10. The van der Waals surface area contributed by atoms with Gasteiger partial charge >= 0.3 is 0 Å². The zero-order valence-electron chi connectivity index (χ0n) is 18.8. The molecule has 0 unspecified atom stereocenters. The van der Waals surface area contributed by atoms with E-state index in [1.165, 1.54) is 6.26 Å². The first-order chi connectivity index (χ1) is 17.2. The number of ether oxygens (including phenoxy) is 3. The molecule has 9 nitrogen and oxygen atoms in total. The van der Waals surface area contributed by atoms with Crippen LogP contribution in [0.5, 0.6) is 17.4 Å². The third kappa shape index (κ3) is 4.93. The Morgan fingerprint density at radius 2 is 1.86 bits per heavy atom. The molecule has 0 aliphatic carbocycles. The maximum Gasteiger partial charge on any atom is 0.263 e. The van der Waals surface area contributed by atoms with Gasteiger partial charge in [-0.25, -0.2) is 9.67 Å². The summed E-state index contributed by atoms with van der Waals surface area (Å²) in [6.07, 6.45) is 5.43. The fourth-order valence-corrected chi connectivity index (χ4v) is 3.39. The van der Waals surface area contributed by atoms with Crippen LogP contribution in [0.25, 0.3) is 17.3 Å². The maximum absolute atomic E-state index is 11.5. The zero-order chi connectivity index (χ0) is 24.0. The lowest BCUT2D eigenvalue weighted by Crippen LogP contribution is -2.02. The maximum atomic E-state index is 11.5. The number of hydrogen-bond donors (Lipinski definition) is 0. The van der Waals surface area contributed by atoms with Gasteiger partial charge in [-0.2, -0.15) is 0 Å². The van der Waals surface area contributed by atoms with Crippen LogP contribution in [0.2, 0.25) is 0 Å². The molecule has 0 bridgehead atoms. The smallest absolute Gasteiger partial charge is 0.263 e.